The first kappa shape index (κ1) is 15.5. The van der Waals surface area contributed by atoms with Gasteiger partial charge in [-0.25, -0.2) is 4.79 Å². The minimum absolute atomic E-state index is 0.408. The van der Waals surface area contributed by atoms with Crippen molar-refractivity contribution in [1.82, 2.24) is 0 Å². The molecule has 0 bridgehead atoms. The van der Waals surface area contributed by atoms with Gasteiger partial charge in [-0.2, -0.15) is 0 Å². The molecule has 0 atom stereocenters. The summed E-state index contributed by atoms with van der Waals surface area (Å²) in [5.74, 6) is 1.17. The second-order valence-electron chi connectivity index (χ2n) is 5.23. The van der Waals surface area contributed by atoms with Crippen LogP contribution in [0.4, 0.5) is 0 Å². The molecule has 0 fully saturated rings. The summed E-state index contributed by atoms with van der Waals surface area (Å²) < 4.78 is 16.2. The third kappa shape index (κ3) is 2.57. The van der Waals surface area contributed by atoms with Gasteiger partial charge in [0.15, 0.2) is 0 Å². The topological polar surface area (TPSA) is 48.7 Å². The Morgan fingerprint density at radius 2 is 2.00 bits per heavy atom. The summed E-state index contributed by atoms with van der Waals surface area (Å²) in [5, 5.41) is 0.751. The average Bonchev–Trinajstić information content (AvgIpc) is 2.55. The Hall–Kier alpha value is -2.40. The lowest BCUT2D eigenvalue weighted by Crippen LogP contribution is -2.14. The maximum atomic E-state index is 12.5. The van der Waals surface area contributed by atoms with Crippen LogP contribution in [-0.4, -0.2) is 19.1 Å². The maximum absolute atomic E-state index is 12.5. The Bertz CT molecular complexity index is 919. The highest BCUT2D eigenvalue weighted by Crippen LogP contribution is 2.35. The zero-order valence-corrected chi connectivity index (χ0v) is 14.0. The summed E-state index contributed by atoms with van der Waals surface area (Å²) in [6.07, 6.45) is 6.37. The van der Waals surface area contributed by atoms with Crippen LogP contribution in [0.1, 0.15) is 17.5 Å². The average molecular weight is 328 g/mol. The molecule has 23 heavy (non-hydrogen) atoms. The molecule has 0 radical (unpaired) electrons. The summed E-state index contributed by atoms with van der Waals surface area (Å²) in [5.41, 5.74) is 2.06. The molecule has 3 rings (SSSR count). The molecule has 0 saturated heterocycles. The van der Waals surface area contributed by atoms with Crippen LogP contribution in [0.3, 0.4) is 0 Å². The number of hydrogen-bond donors (Lipinski definition) is 0. The first-order valence-corrected chi connectivity index (χ1v) is 7.57. The van der Waals surface area contributed by atoms with Crippen LogP contribution in [0.5, 0.6) is 11.5 Å². The number of aryl methyl sites for hydroxylation is 1. The molecule has 0 amide bonds. The van der Waals surface area contributed by atoms with Crippen molar-refractivity contribution in [3.8, 4) is 11.5 Å². The number of methoxy groups -OCH3 is 2. The molecule has 5 heteroatoms. The minimum Gasteiger partial charge on any atom is -0.496 e. The van der Waals surface area contributed by atoms with Gasteiger partial charge in [0.1, 0.15) is 17.1 Å². The SMILES string of the molecule is COc1cc(OC)c2c(C)c(C3=CC=CCC3=S)c(=O)oc2c1. The van der Waals surface area contributed by atoms with Crippen LogP contribution in [0.2, 0.25) is 0 Å². The highest BCUT2D eigenvalue weighted by molar-refractivity contribution is 7.81. The molecular formula is C18H16O4S. The molecule has 2 aromatic rings. The molecule has 1 aliphatic carbocycles. The van der Waals surface area contributed by atoms with Crippen LogP contribution in [0, 0.1) is 6.92 Å². The van der Waals surface area contributed by atoms with E-state index in [0.717, 1.165) is 21.4 Å². The second-order valence-corrected chi connectivity index (χ2v) is 5.72. The van der Waals surface area contributed by atoms with Crippen molar-refractivity contribution in [3.05, 3.63) is 51.9 Å². The normalized spacial score (nSPS) is 14.0. The van der Waals surface area contributed by atoms with Gasteiger partial charge in [-0.05, 0) is 12.5 Å². The van der Waals surface area contributed by atoms with E-state index in [2.05, 4.69) is 0 Å². The van der Waals surface area contributed by atoms with Crippen molar-refractivity contribution in [3.63, 3.8) is 0 Å². The van der Waals surface area contributed by atoms with E-state index >= 15 is 0 Å². The fourth-order valence-corrected chi connectivity index (χ4v) is 3.07. The van der Waals surface area contributed by atoms with Crippen LogP contribution in [0.15, 0.2) is 39.6 Å². The van der Waals surface area contributed by atoms with E-state index in [9.17, 15) is 4.79 Å². The lowest BCUT2D eigenvalue weighted by molar-refractivity contribution is 0.395. The highest BCUT2D eigenvalue weighted by atomic mass is 32.1. The molecule has 1 aromatic heterocycles. The molecule has 1 aromatic carbocycles. The Morgan fingerprint density at radius 3 is 2.65 bits per heavy atom. The molecular weight excluding hydrogens is 312 g/mol. The summed E-state index contributed by atoms with van der Waals surface area (Å²) in [6.45, 7) is 1.88. The smallest absolute Gasteiger partial charge is 0.344 e. The quantitative estimate of drug-likeness (QED) is 0.633. The first-order chi connectivity index (χ1) is 11.1. The highest BCUT2D eigenvalue weighted by Gasteiger charge is 2.21. The van der Waals surface area contributed by atoms with Gasteiger partial charge in [-0.15, -0.1) is 0 Å². The summed E-state index contributed by atoms with van der Waals surface area (Å²) in [4.78, 5) is 13.3. The molecule has 0 aliphatic heterocycles. The lowest BCUT2D eigenvalue weighted by atomic mass is 9.93. The summed E-state index contributed by atoms with van der Waals surface area (Å²) in [6, 6.07) is 3.45. The van der Waals surface area contributed by atoms with Gasteiger partial charge in [0.2, 0.25) is 0 Å². The second kappa shape index (κ2) is 6.01. The molecule has 4 nitrogen and oxygen atoms in total. The van der Waals surface area contributed by atoms with E-state index < -0.39 is 5.63 Å². The third-order valence-electron chi connectivity index (χ3n) is 3.92. The van der Waals surface area contributed by atoms with Crippen molar-refractivity contribution in [2.45, 2.75) is 13.3 Å². The zero-order valence-electron chi connectivity index (χ0n) is 13.1. The van der Waals surface area contributed by atoms with Gasteiger partial charge in [-0.3, -0.25) is 0 Å². The van der Waals surface area contributed by atoms with Gasteiger partial charge in [0.05, 0.1) is 25.2 Å². The van der Waals surface area contributed by atoms with E-state index in [1.807, 2.05) is 25.2 Å². The lowest BCUT2D eigenvalue weighted by Gasteiger charge is -2.15. The van der Waals surface area contributed by atoms with Crippen molar-refractivity contribution >= 4 is 33.6 Å². The van der Waals surface area contributed by atoms with E-state index in [1.54, 1.807) is 26.4 Å². The van der Waals surface area contributed by atoms with E-state index in [0.29, 0.717) is 29.1 Å². The number of fused-ring (bicyclic) bond motifs is 1. The molecule has 1 aliphatic rings. The summed E-state index contributed by atoms with van der Waals surface area (Å²) >= 11 is 5.40. The zero-order chi connectivity index (χ0) is 16.6. The van der Waals surface area contributed by atoms with Crippen LogP contribution < -0.4 is 15.1 Å². The fraction of sp³-hybridized carbons (Fsp3) is 0.222. The molecule has 118 valence electrons. The molecule has 0 N–H and O–H groups in total. The predicted molar refractivity (Wildman–Crippen MR) is 94.7 cm³/mol. The molecule has 0 spiro atoms. The van der Waals surface area contributed by atoms with Gasteiger partial charge < -0.3 is 13.9 Å². The minimum atomic E-state index is -0.408. The van der Waals surface area contributed by atoms with E-state index in [-0.39, 0.29) is 0 Å². The number of ether oxygens (including phenoxy) is 2. The Morgan fingerprint density at radius 1 is 1.22 bits per heavy atom. The van der Waals surface area contributed by atoms with Crippen molar-refractivity contribution in [2.75, 3.05) is 14.2 Å². The van der Waals surface area contributed by atoms with E-state index in [4.69, 9.17) is 26.1 Å². The fourth-order valence-electron chi connectivity index (χ4n) is 2.80. The van der Waals surface area contributed by atoms with Crippen LogP contribution in [0.25, 0.3) is 16.5 Å². The van der Waals surface area contributed by atoms with Crippen molar-refractivity contribution in [2.24, 2.45) is 0 Å². The summed E-state index contributed by atoms with van der Waals surface area (Å²) in [7, 11) is 3.13. The standard InChI is InChI=1S/C18H16O4S/c1-10-16(12-6-4-5-7-15(12)23)18(19)22-14-9-11(20-2)8-13(21-3)17(10)14/h4-6,8-9H,7H2,1-3H3. The monoisotopic (exact) mass is 328 g/mol. The molecule has 1 heterocycles. The predicted octanol–water partition coefficient (Wildman–Crippen LogP) is 3.83. The Balaban J connectivity index is 2.38. The van der Waals surface area contributed by atoms with Crippen LogP contribution >= 0.6 is 12.2 Å². The van der Waals surface area contributed by atoms with E-state index in [1.165, 1.54) is 0 Å². The third-order valence-corrected chi connectivity index (χ3v) is 4.31. The molecule has 0 saturated carbocycles. The van der Waals surface area contributed by atoms with Crippen molar-refractivity contribution < 1.29 is 13.9 Å². The van der Waals surface area contributed by atoms with Gasteiger partial charge in [0.25, 0.3) is 0 Å². The van der Waals surface area contributed by atoms with Gasteiger partial charge >= 0.3 is 5.63 Å². The van der Waals surface area contributed by atoms with Gasteiger partial charge in [0, 0.05) is 29.0 Å². The maximum Gasteiger partial charge on any atom is 0.344 e. The number of allylic oxidation sites excluding steroid dienone is 4. The van der Waals surface area contributed by atoms with Crippen LogP contribution in [-0.2, 0) is 0 Å². The Labute approximate surface area is 139 Å². The number of benzene rings is 1. The van der Waals surface area contributed by atoms with Crippen molar-refractivity contribution in [1.29, 1.82) is 0 Å². The van der Waals surface area contributed by atoms with Gasteiger partial charge in [-0.1, -0.05) is 30.4 Å². The number of thiocarbonyl (C=S) groups is 1. The number of rotatable bonds is 3. The molecule has 0 unspecified atom stereocenters. The first-order valence-electron chi connectivity index (χ1n) is 7.16. The largest absolute Gasteiger partial charge is 0.496 e. The Kier molecular flexibility index (Phi) is 4.05. The number of hydrogen-bond acceptors (Lipinski definition) is 5.